The van der Waals surface area contributed by atoms with Crippen LogP contribution in [0, 0.1) is 0 Å². The molecule has 0 bridgehead atoms. The van der Waals surface area contributed by atoms with Crippen molar-refractivity contribution >= 4 is 5.91 Å². The van der Waals surface area contributed by atoms with Gasteiger partial charge >= 0.3 is 0 Å². The second kappa shape index (κ2) is 4.58. The summed E-state index contributed by atoms with van der Waals surface area (Å²) in [5, 5.41) is 11.8. The van der Waals surface area contributed by atoms with Gasteiger partial charge in [0.15, 0.2) is 6.39 Å². The fraction of sp³-hybridized carbons (Fsp3) is 0.429. The van der Waals surface area contributed by atoms with Gasteiger partial charge in [-0.2, -0.15) is 0 Å². The summed E-state index contributed by atoms with van der Waals surface area (Å²) in [7, 11) is 0. The van der Waals surface area contributed by atoms with Crippen LogP contribution in [0.15, 0.2) is 17.0 Å². The number of nitrogens with zero attached hydrogens (tertiary/aromatic N) is 1. The van der Waals surface area contributed by atoms with Crippen molar-refractivity contribution < 1.29 is 14.3 Å². The van der Waals surface area contributed by atoms with Crippen LogP contribution >= 0.6 is 0 Å². The number of nitrogens with two attached hydrogens (primary N) is 1. The maximum Gasteiger partial charge on any atom is 0.247 e. The van der Waals surface area contributed by atoms with Crippen LogP contribution in [0.4, 0.5) is 0 Å². The van der Waals surface area contributed by atoms with Crippen LogP contribution in [0.2, 0.25) is 0 Å². The van der Waals surface area contributed by atoms with Crippen LogP contribution in [-0.4, -0.2) is 28.6 Å². The lowest BCUT2D eigenvalue weighted by Gasteiger charge is -2.05. The Labute approximate surface area is 74.8 Å². The van der Waals surface area contributed by atoms with E-state index in [2.05, 4.69) is 10.3 Å². The van der Waals surface area contributed by atoms with Crippen molar-refractivity contribution in [2.75, 3.05) is 6.54 Å². The molecule has 13 heavy (non-hydrogen) atoms. The monoisotopic (exact) mass is 185 g/mol. The van der Waals surface area contributed by atoms with Crippen molar-refractivity contribution in [2.45, 2.75) is 12.6 Å². The normalized spacial score (nSPS) is 12.7. The van der Waals surface area contributed by atoms with Gasteiger partial charge in [-0.15, -0.1) is 0 Å². The number of amides is 1. The first-order valence-electron chi connectivity index (χ1n) is 3.75. The molecule has 1 unspecified atom stereocenters. The highest BCUT2D eigenvalue weighted by Crippen LogP contribution is 1.94. The molecule has 6 nitrogen and oxygen atoms in total. The number of carbonyl (C=O) groups excluding carboxylic acids is 1. The fourth-order valence-corrected chi connectivity index (χ4v) is 0.762. The number of hydrogen-bond donors (Lipinski definition) is 3. The summed E-state index contributed by atoms with van der Waals surface area (Å²) in [6, 6.07) is 0. The summed E-state index contributed by atoms with van der Waals surface area (Å²) in [6.07, 6.45) is 1.69. The molecule has 0 radical (unpaired) electrons. The van der Waals surface area contributed by atoms with E-state index < -0.39 is 12.0 Å². The molecule has 1 aromatic rings. The Morgan fingerprint density at radius 2 is 2.62 bits per heavy atom. The Kier molecular flexibility index (Phi) is 3.41. The summed E-state index contributed by atoms with van der Waals surface area (Å²) in [5.74, 6) is -0.109. The number of primary amides is 1. The Morgan fingerprint density at radius 3 is 3.15 bits per heavy atom. The number of carbonyl (C=O) groups is 1. The first-order valence-corrected chi connectivity index (χ1v) is 3.75. The van der Waals surface area contributed by atoms with Gasteiger partial charge in [0.2, 0.25) is 5.91 Å². The molecule has 72 valence electrons. The molecule has 1 rings (SSSR count). The second-order valence-electron chi connectivity index (χ2n) is 2.52. The minimum Gasteiger partial charge on any atom is -0.447 e. The lowest BCUT2D eigenvalue weighted by Crippen LogP contribution is -2.37. The van der Waals surface area contributed by atoms with Gasteiger partial charge in [0.1, 0.15) is 11.9 Å². The van der Waals surface area contributed by atoms with Crippen molar-refractivity contribution in [3.63, 3.8) is 0 Å². The van der Waals surface area contributed by atoms with E-state index in [-0.39, 0.29) is 6.54 Å². The third kappa shape index (κ3) is 3.22. The van der Waals surface area contributed by atoms with Gasteiger partial charge in [0.05, 0.1) is 12.7 Å². The number of hydrogen-bond acceptors (Lipinski definition) is 5. The quantitative estimate of drug-likeness (QED) is 0.524. The number of aliphatic hydroxyl groups is 1. The van der Waals surface area contributed by atoms with E-state index in [0.717, 1.165) is 0 Å². The molecule has 0 aliphatic carbocycles. The molecule has 0 spiro atoms. The molecular weight excluding hydrogens is 174 g/mol. The molecule has 1 atom stereocenters. The standard InChI is InChI=1S/C7H11N3O3/c8-7(12)6(11)3-9-1-5-2-10-4-13-5/h2,4,6,9,11H,1,3H2,(H2,8,12). The zero-order chi connectivity index (χ0) is 9.68. The number of nitrogens with one attached hydrogen (secondary N) is 1. The van der Waals surface area contributed by atoms with E-state index >= 15 is 0 Å². The van der Waals surface area contributed by atoms with Gasteiger partial charge in [-0.25, -0.2) is 4.98 Å². The summed E-state index contributed by atoms with van der Waals surface area (Å²) in [4.78, 5) is 14.1. The minimum absolute atomic E-state index is 0.107. The maximum atomic E-state index is 10.4. The topological polar surface area (TPSA) is 101 Å². The number of aromatic nitrogens is 1. The molecule has 0 fully saturated rings. The largest absolute Gasteiger partial charge is 0.447 e. The molecule has 0 saturated carbocycles. The molecule has 0 aliphatic heterocycles. The zero-order valence-corrected chi connectivity index (χ0v) is 6.93. The molecule has 6 heteroatoms. The Bertz CT molecular complexity index is 260. The molecule has 1 heterocycles. The molecule has 0 aromatic carbocycles. The van der Waals surface area contributed by atoms with Gasteiger partial charge < -0.3 is 20.6 Å². The number of aliphatic hydroxyl groups excluding tert-OH is 1. The van der Waals surface area contributed by atoms with Crippen LogP contribution in [0.5, 0.6) is 0 Å². The SMILES string of the molecule is NC(=O)C(O)CNCc1cnco1. The van der Waals surface area contributed by atoms with Crippen LogP contribution in [0.25, 0.3) is 0 Å². The van der Waals surface area contributed by atoms with E-state index in [1.807, 2.05) is 0 Å². The smallest absolute Gasteiger partial charge is 0.247 e. The first-order chi connectivity index (χ1) is 6.20. The lowest BCUT2D eigenvalue weighted by molar-refractivity contribution is -0.125. The van der Waals surface area contributed by atoms with Crippen molar-refractivity contribution in [3.05, 3.63) is 18.4 Å². The van der Waals surface area contributed by atoms with Crippen molar-refractivity contribution in [1.29, 1.82) is 0 Å². The first kappa shape index (κ1) is 9.69. The van der Waals surface area contributed by atoms with Gasteiger partial charge in [0.25, 0.3) is 0 Å². The van der Waals surface area contributed by atoms with Gasteiger partial charge in [-0.05, 0) is 0 Å². The van der Waals surface area contributed by atoms with Crippen molar-refractivity contribution in [2.24, 2.45) is 5.73 Å². The third-order valence-electron chi connectivity index (χ3n) is 1.45. The van der Waals surface area contributed by atoms with Crippen LogP contribution in [0.1, 0.15) is 5.76 Å². The fourth-order valence-electron chi connectivity index (χ4n) is 0.762. The predicted molar refractivity (Wildman–Crippen MR) is 43.4 cm³/mol. The Balaban J connectivity index is 2.18. The highest BCUT2D eigenvalue weighted by molar-refractivity contribution is 5.78. The molecule has 0 saturated heterocycles. The highest BCUT2D eigenvalue weighted by Gasteiger charge is 2.09. The van der Waals surface area contributed by atoms with Crippen molar-refractivity contribution in [1.82, 2.24) is 10.3 Å². The predicted octanol–water partition coefficient (Wildman–Crippen LogP) is -1.39. The number of rotatable bonds is 5. The molecule has 4 N–H and O–H groups in total. The van der Waals surface area contributed by atoms with Crippen molar-refractivity contribution in [3.8, 4) is 0 Å². The van der Waals surface area contributed by atoms with Gasteiger partial charge in [-0.3, -0.25) is 4.79 Å². The van der Waals surface area contributed by atoms with E-state index in [1.165, 1.54) is 6.39 Å². The van der Waals surface area contributed by atoms with Crippen LogP contribution in [-0.2, 0) is 11.3 Å². The van der Waals surface area contributed by atoms with Gasteiger partial charge in [0, 0.05) is 6.54 Å². The summed E-state index contributed by atoms with van der Waals surface area (Å²) < 4.78 is 4.90. The summed E-state index contributed by atoms with van der Waals surface area (Å²) in [5.41, 5.74) is 4.83. The number of oxazole rings is 1. The highest BCUT2D eigenvalue weighted by atomic mass is 16.3. The van der Waals surface area contributed by atoms with E-state index in [4.69, 9.17) is 15.3 Å². The lowest BCUT2D eigenvalue weighted by atomic mass is 10.3. The Hall–Kier alpha value is -1.40. The van der Waals surface area contributed by atoms with E-state index in [9.17, 15) is 4.79 Å². The Morgan fingerprint density at radius 1 is 1.85 bits per heavy atom. The van der Waals surface area contributed by atoms with Crippen LogP contribution in [0.3, 0.4) is 0 Å². The zero-order valence-electron chi connectivity index (χ0n) is 6.93. The minimum atomic E-state index is -1.16. The molecular formula is C7H11N3O3. The van der Waals surface area contributed by atoms with E-state index in [0.29, 0.717) is 12.3 Å². The molecule has 1 aromatic heterocycles. The van der Waals surface area contributed by atoms with Crippen LogP contribution < -0.4 is 11.1 Å². The van der Waals surface area contributed by atoms with Gasteiger partial charge in [-0.1, -0.05) is 0 Å². The average molecular weight is 185 g/mol. The summed E-state index contributed by atoms with van der Waals surface area (Å²) in [6.45, 7) is 0.514. The molecule has 1 amide bonds. The second-order valence-corrected chi connectivity index (χ2v) is 2.52. The maximum absolute atomic E-state index is 10.4. The van der Waals surface area contributed by atoms with E-state index in [1.54, 1.807) is 6.20 Å². The average Bonchev–Trinajstić information content (AvgIpc) is 2.56. The summed E-state index contributed by atoms with van der Waals surface area (Å²) >= 11 is 0. The molecule has 0 aliphatic rings. The third-order valence-corrected chi connectivity index (χ3v) is 1.45.